The molecule has 0 aliphatic rings. The Balaban J connectivity index is 2.24. The van der Waals surface area contributed by atoms with Crippen molar-refractivity contribution in [2.45, 2.75) is 33.2 Å². The molecule has 0 spiro atoms. The fourth-order valence-electron chi connectivity index (χ4n) is 1.39. The normalized spacial score (nSPS) is 11.2. The maximum atomic E-state index is 11.8. The zero-order chi connectivity index (χ0) is 12.8. The Labute approximate surface area is 107 Å². The van der Waals surface area contributed by atoms with Crippen LogP contribution < -0.4 is 5.32 Å². The van der Waals surface area contributed by atoms with Crippen LogP contribution in [0.15, 0.2) is 5.51 Å². The fraction of sp³-hybridized carbons (Fsp3) is 0.667. The van der Waals surface area contributed by atoms with E-state index in [0.717, 1.165) is 23.5 Å². The molecule has 1 heterocycles. The standard InChI is InChI=1S/C12H21N3OS/c1-9(2)15(4)7-5-6-13-12(16)11-10(3)14-8-17-11/h8-9H,5-7H2,1-4H3,(H,13,16). The van der Waals surface area contributed by atoms with E-state index in [2.05, 4.69) is 36.1 Å². The predicted molar refractivity (Wildman–Crippen MR) is 71.6 cm³/mol. The summed E-state index contributed by atoms with van der Waals surface area (Å²) < 4.78 is 0. The largest absolute Gasteiger partial charge is 0.351 e. The molecule has 0 unspecified atom stereocenters. The lowest BCUT2D eigenvalue weighted by Crippen LogP contribution is -2.31. The number of aryl methyl sites for hydroxylation is 1. The molecule has 1 rings (SSSR count). The monoisotopic (exact) mass is 255 g/mol. The van der Waals surface area contributed by atoms with E-state index in [1.807, 2.05) is 6.92 Å². The summed E-state index contributed by atoms with van der Waals surface area (Å²) in [6.45, 7) is 7.91. The topological polar surface area (TPSA) is 45.2 Å². The van der Waals surface area contributed by atoms with Crippen molar-refractivity contribution in [2.24, 2.45) is 0 Å². The molecule has 0 aromatic carbocycles. The van der Waals surface area contributed by atoms with Crippen LogP contribution in [0.4, 0.5) is 0 Å². The van der Waals surface area contributed by atoms with Gasteiger partial charge in [-0.25, -0.2) is 4.98 Å². The van der Waals surface area contributed by atoms with Gasteiger partial charge >= 0.3 is 0 Å². The van der Waals surface area contributed by atoms with Crippen molar-refractivity contribution < 1.29 is 4.79 Å². The summed E-state index contributed by atoms with van der Waals surface area (Å²) in [6.07, 6.45) is 0.971. The molecule has 4 nitrogen and oxygen atoms in total. The van der Waals surface area contributed by atoms with E-state index in [1.165, 1.54) is 11.3 Å². The second kappa shape index (κ2) is 6.71. The first-order valence-corrected chi connectivity index (χ1v) is 6.79. The van der Waals surface area contributed by atoms with Crippen LogP contribution in [0.2, 0.25) is 0 Å². The molecule has 96 valence electrons. The molecule has 0 saturated heterocycles. The number of carbonyl (C=O) groups is 1. The molecule has 0 radical (unpaired) electrons. The zero-order valence-corrected chi connectivity index (χ0v) is 11.8. The summed E-state index contributed by atoms with van der Waals surface area (Å²) in [5.74, 6) is -0.00259. The number of nitrogens with one attached hydrogen (secondary N) is 1. The van der Waals surface area contributed by atoms with E-state index >= 15 is 0 Å². The van der Waals surface area contributed by atoms with Gasteiger partial charge in [-0.2, -0.15) is 0 Å². The smallest absolute Gasteiger partial charge is 0.263 e. The third-order valence-corrected chi connectivity index (χ3v) is 3.73. The van der Waals surface area contributed by atoms with E-state index < -0.39 is 0 Å². The quantitative estimate of drug-likeness (QED) is 0.790. The summed E-state index contributed by atoms with van der Waals surface area (Å²) in [4.78, 5) is 18.8. The van der Waals surface area contributed by atoms with Gasteiger partial charge < -0.3 is 10.2 Å². The van der Waals surface area contributed by atoms with Crippen LogP contribution in [-0.4, -0.2) is 42.0 Å². The molecular weight excluding hydrogens is 234 g/mol. The van der Waals surface area contributed by atoms with Gasteiger partial charge in [0.1, 0.15) is 4.88 Å². The Bertz CT molecular complexity index is 362. The summed E-state index contributed by atoms with van der Waals surface area (Å²) >= 11 is 1.39. The summed E-state index contributed by atoms with van der Waals surface area (Å²) in [5, 5.41) is 2.92. The van der Waals surface area contributed by atoms with Crippen molar-refractivity contribution in [1.82, 2.24) is 15.2 Å². The van der Waals surface area contributed by atoms with Gasteiger partial charge in [-0.15, -0.1) is 11.3 Å². The van der Waals surface area contributed by atoms with Crippen molar-refractivity contribution in [2.75, 3.05) is 20.1 Å². The molecule has 1 aromatic rings. The summed E-state index contributed by atoms with van der Waals surface area (Å²) in [7, 11) is 2.10. The van der Waals surface area contributed by atoms with Gasteiger partial charge in [0.05, 0.1) is 11.2 Å². The minimum atomic E-state index is -0.00259. The van der Waals surface area contributed by atoms with Gasteiger partial charge in [-0.3, -0.25) is 4.79 Å². The van der Waals surface area contributed by atoms with Crippen LogP contribution in [0.1, 0.15) is 35.6 Å². The maximum Gasteiger partial charge on any atom is 0.263 e. The first-order chi connectivity index (χ1) is 8.02. The Hall–Kier alpha value is -0.940. The number of hydrogen-bond acceptors (Lipinski definition) is 4. The van der Waals surface area contributed by atoms with Crippen molar-refractivity contribution >= 4 is 17.2 Å². The third kappa shape index (κ3) is 4.44. The van der Waals surface area contributed by atoms with Crippen molar-refractivity contribution in [3.8, 4) is 0 Å². The molecule has 1 amide bonds. The third-order valence-electron chi connectivity index (χ3n) is 2.81. The lowest BCUT2D eigenvalue weighted by Gasteiger charge is -2.20. The Morgan fingerprint density at radius 3 is 2.82 bits per heavy atom. The number of aromatic nitrogens is 1. The van der Waals surface area contributed by atoms with Gasteiger partial charge in [0.25, 0.3) is 5.91 Å². The first-order valence-electron chi connectivity index (χ1n) is 5.91. The average molecular weight is 255 g/mol. The Morgan fingerprint density at radius 2 is 2.29 bits per heavy atom. The van der Waals surface area contributed by atoms with Crippen LogP contribution in [-0.2, 0) is 0 Å². The molecule has 0 fully saturated rings. The molecule has 0 aliphatic heterocycles. The molecule has 0 saturated carbocycles. The van der Waals surface area contributed by atoms with Crippen LogP contribution >= 0.6 is 11.3 Å². The number of rotatable bonds is 6. The van der Waals surface area contributed by atoms with Gasteiger partial charge in [0.15, 0.2) is 0 Å². The minimum Gasteiger partial charge on any atom is -0.351 e. The highest BCUT2D eigenvalue weighted by molar-refractivity contribution is 7.11. The summed E-state index contributed by atoms with van der Waals surface area (Å²) in [6, 6.07) is 0.550. The molecule has 0 atom stereocenters. The van der Waals surface area contributed by atoms with Gasteiger partial charge in [0.2, 0.25) is 0 Å². The molecule has 1 N–H and O–H groups in total. The van der Waals surface area contributed by atoms with Gasteiger partial charge in [-0.1, -0.05) is 0 Å². The van der Waals surface area contributed by atoms with Crippen LogP contribution in [0.3, 0.4) is 0 Å². The average Bonchev–Trinajstić information content (AvgIpc) is 2.70. The number of nitrogens with zero attached hydrogens (tertiary/aromatic N) is 2. The van der Waals surface area contributed by atoms with Crippen molar-refractivity contribution in [3.05, 3.63) is 16.1 Å². The highest BCUT2D eigenvalue weighted by Crippen LogP contribution is 2.11. The second-order valence-corrected chi connectivity index (χ2v) is 5.31. The lowest BCUT2D eigenvalue weighted by atomic mass is 10.3. The highest BCUT2D eigenvalue weighted by Gasteiger charge is 2.10. The van der Waals surface area contributed by atoms with Crippen LogP contribution in [0, 0.1) is 6.92 Å². The number of thiazole rings is 1. The minimum absolute atomic E-state index is 0.00259. The van der Waals surface area contributed by atoms with E-state index in [-0.39, 0.29) is 5.91 Å². The van der Waals surface area contributed by atoms with Crippen LogP contribution in [0.25, 0.3) is 0 Å². The molecule has 17 heavy (non-hydrogen) atoms. The van der Waals surface area contributed by atoms with E-state index in [4.69, 9.17) is 0 Å². The second-order valence-electron chi connectivity index (χ2n) is 4.45. The highest BCUT2D eigenvalue weighted by atomic mass is 32.1. The number of carbonyl (C=O) groups excluding carboxylic acids is 1. The molecular formula is C12H21N3OS. The maximum absolute atomic E-state index is 11.8. The molecule has 0 aliphatic carbocycles. The van der Waals surface area contributed by atoms with Crippen LogP contribution in [0.5, 0.6) is 0 Å². The summed E-state index contributed by atoms with van der Waals surface area (Å²) in [5.41, 5.74) is 2.52. The fourth-order valence-corrected chi connectivity index (χ4v) is 2.11. The first kappa shape index (κ1) is 14.1. The van der Waals surface area contributed by atoms with Gasteiger partial charge in [-0.05, 0) is 40.8 Å². The van der Waals surface area contributed by atoms with Crippen molar-refractivity contribution in [3.63, 3.8) is 0 Å². The SMILES string of the molecule is Cc1ncsc1C(=O)NCCCN(C)C(C)C. The Morgan fingerprint density at radius 1 is 1.59 bits per heavy atom. The lowest BCUT2D eigenvalue weighted by molar-refractivity contribution is 0.0955. The van der Waals surface area contributed by atoms with Gasteiger partial charge in [0, 0.05) is 12.6 Å². The number of hydrogen-bond donors (Lipinski definition) is 1. The van der Waals surface area contributed by atoms with E-state index in [1.54, 1.807) is 5.51 Å². The van der Waals surface area contributed by atoms with E-state index in [9.17, 15) is 4.79 Å². The zero-order valence-electron chi connectivity index (χ0n) is 11.0. The van der Waals surface area contributed by atoms with Crippen molar-refractivity contribution in [1.29, 1.82) is 0 Å². The molecule has 5 heteroatoms. The predicted octanol–water partition coefficient (Wildman–Crippen LogP) is 1.91. The Kier molecular flexibility index (Phi) is 5.58. The molecule has 1 aromatic heterocycles. The molecule has 0 bridgehead atoms. The number of amides is 1. The van der Waals surface area contributed by atoms with E-state index in [0.29, 0.717) is 12.6 Å².